The molecule has 0 spiro atoms. The number of unbranched alkanes of at least 4 members (excludes halogenated alkanes) is 52. The highest BCUT2D eigenvalue weighted by atomic mass is 31.2. The summed E-state index contributed by atoms with van der Waals surface area (Å²) in [6.07, 6.45) is 79.4. The Kier molecular flexibility index (Phi) is 157. The zero-order valence-corrected chi connectivity index (χ0v) is 100. The van der Waals surface area contributed by atoms with Crippen LogP contribution in [0.1, 0.15) is 401 Å². The van der Waals surface area contributed by atoms with Gasteiger partial charge in [-0.2, -0.15) is 0 Å². The van der Waals surface area contributed by atoms with E-state index in [1.54, 1.807) is 7.11 Å². The molecule has 0 radical (unpaired) electrons. The minimum Gasteiger partial charge on any atom is -0.412 e. The van der Waals surface area contributed by atoms with Gasteiger partial charge in [0.25, 0.3) is 0 Å². The summed E-state index contributed by atoms with van der Waals surface area (Å²) in [6.45, 7) is 42.1. The fourth-order valence-electron chi connectivity index (χ4n) is 15.8. The molecule has 0 aromatic rings. The second-order valence-corrected chi connectivity index (χ2v) is 41.2. The van der Waals surface area contributed by atoms with Crippen LogP contribution < -0.4 is 0 Å². The van der Waals surface area contributed by atoms with Gasteiger partial charge in [-0.3, -0.25) is 4.90 Å². The molecule has 150 heavy (non-hydrogen) atoms. The molecule has 908 valence electrons. The molecule has 0 aromatic heterocycles. The van der Waals surface area contributed by atoms with Crippen molar-refractivity contribution in [2.75, 3.05) is 363 Å². The summed E-state index contributed by atoms with van der Waals surface area (Å²) < 4.78 is 157. The van der Waals surface area contributed by atoms with Crippen LogP contribution in [-0.4, -0.2) is 379 Å². The summed E-state index contributed by atoms with van der Waals surface area (Å²) >= 11 is 0. The molecule has 0 aromatic carbocycles. The first kappa shape index (κ1) is 156. The molecule has 0 saturated heterocycles. The summed E-state index contributed by atoms with van der Waals surface area (Å²) in [5.41, 5.74) is 0. The molecule has 0 bridgehead atoms. The summed E-state index contributed by atoms with van der Waals surface area (Å²) in [4.78, 5) is 2.55. The predicted molar refractivity (Wildman–Crippen MR) is 615 cm³/mol. The first-order valence-electron chi connectivity index (χ1n) is 61.2. The normalized spacial score (nSPS) is 11.7. The Labute approximate surface area is 923 Å². The first-order chi connectivity index (χ1) is 73.6. The smallest absolute Gasteiger partial charge is 0.185 e. The van der Waals surface area contributed by atoms with E-state index in [1.807, 2.05) is 6.92 Å². The molecule has 0 saturated carbocycles. The minimum absolute atomic E-state index is 0. The van der Waals surface area contributed by atoms with Gasteiger partial charge in [-0.1, -0.05) is 369 Å². The van der Waals surface area contributed by atoms with Crippen molar-refractivity contribution in [1.29, 1.82) is 0 Å². The van der Waals surface area contributed by atoms with E-state index < -0.39 is 16.8 Å². The SMILES string of the molecule is CCCCCCCCCCCCCCCCOP(CN(CC)CP(OCCCCCCCCCCCCCCCC)OCCCCCCCCCCCCCCCC)OCCCCCCCCCCCCCCCC.CCOCCOCCOCCOCCOCCOCCOCCOCCOCCOCCOCCOCCOCCOCCOCCOCCOCCOCCOCCOCCOCCOCCOCCOC.O.O. The van der Waals surface area contributed by atoms with Crippen LogP contribution in [0, 0.1) is 0 Å². The fourth-order valence-corrected chi connectivity index (χ4v) is 19.0. The van der Waals surface area contributed by atoms with E-state index in [-0.39, 0.29) is 11.0 Å². The maximum absolute atomic E-state index is 6.69. The lowest BCUT2D eigenvalue weighted by Crippen LogP contribution is -2.26. The highest BCUT2D eigenvalue weighted by Gasteiger charge is 2.22. The van der Waals surface area contributed by atoms with Crippen molar-refractivity contribution < 1.29 is 143 Å². The Balaban J connectivity index is -0.00000140. The predicted octanol–water partition coefficient (Wildman–Crippen LogP) is 25.2. The summed E-state index contributed by atoms with van der Waals surface area (Å²) in [5, 5.41) is 0. The molecule has 4 N–H and O–H groups in total. The highest BCUT2D eigenvalue weighted by Crippen LogP contribution is 2.45. The molecular weight excluding hydrogens is 1960 g/mol. The number of ether oxygens (including phenoxy) is 24. The van der Waals surface area contributed by atoms with Gasteiger partial charge in [0, 0.05) is 13.7 Å². The number of rotatable bonds is 139. The molecular formula is C117H245NO30P2. The van der Waals surface area contributed by atoms with Gasteiger partial charge in [-0.15, -0.1) is 0 Å². The third-order valence-corrected chi connectivity index (χ3v) is 28.0. The van der Waals surface area contributed by atoms with E-state index >= 15 is 0 Å². The maximum atomic E-state index is 6.69. The van der Waals surface area contributed by atoms with Gasteiger partial charge in [-0.25, -0.2) is 0 Å². The van der Waals surface area contributed by atoms with E-state index in [9.17, 15) is 0 Å². The average molecular weight is 2210 g/mol. The van der Waals surface area contributed by atoms with Gasteiger partial charge >= 0.3 is 0 Å². The van der Waals surface area contributed by atoms with Crippen molar-refractivity contribution in [2.24, 2.45) is 0 Å². The lowest BCUT2D eigenvalue weighted by molar-refractivity contribution is -0.0319. The van der Waals surface area contributed by atoms with Crippen molar-refractivity contribution in [3.8, 4) is 0 Å². The van der Waals surface area contributed by atoms with Crippen LogP contribution in [0.25, 0.3) is 0 Å². The van der Waals surface area contributed by atoms with E-state index in [0.29, 0.717) is 311 Å². The van der Waals surface area contributed by atoms with E-state index in [0.717, 1.165) is 71.2 Å². The van der Waals surface area contributed by atoms with Gasteiger partial charge in [0.05, 0.1) is 343 Å². The molecule has 0 heterocycles. The average Bonchev–Trinajstić information content (AvgIpc) is 0.918. The van der Waals surface area contributed by atoms with Crippen LogP contribution in [0.3, 0.4) is 0 Å². The molecule has 31 nitrogen and oxygen atoms in total. The lowest BCUT2D eigenvalue weighted by Gasteiger charge is -2.29. The molecule has 0 aliphatic rings. The van der Waals surface area contributed by atoms with Crippen LogP contribution in [0.5, 0.6) is 0 Å². The monoisotopic (exact) mass is 2210 g/mol. The largest absolute Gasteiger partial charge is 0.412 e. The Morgan fingerprint density at radius 2 is 0.233 bits per heavy atom. The molecule has 0 amide bonds. The van der Waals surface area contributed by atoms with Crippen LogP contribution in [0.15, 0.2) is 0 Å². The number of hydrogen-bond donors (Lipinski definition) is 0. The molecule has 0 rings (SSSR count). The quantitative estimate of drug-likeness (QED) is 0.0403. The second-order valence-electron chi connectivity index (χ2n) is 38.3. The van der Waals surface area contributed by atoms with Gasteiger partial charge < -0.3 is 143 Å². The standard InChI is InChI=1S/C68H141NO4P2.C49H100O24.2H2O/c1-6-11-15-19-23-27-31-35-39-43-47-51-55-59-63-70-74(71-64-60-56-52-48-44-40-36-32-28-24-20-16-12-7-2)67-69(10-5)68-75(72-65-61-57-53-49-45-41-37-33-29-25-21-17-13-8-3)73-66-62-58-54-50-46-42-38-34-30-26-22-18-14-9-4;1-3-51-6-7-53-10-11-55-14-15-57-18-19-59-22-23-61-26-27-63-30-31-65-34-35-67-38-39-69-42-43-71-46-47-73-49-48-72-45-44-70-41-40-68-37-36-66-33-32-64-29-28-62-25-24-60-21-20-58-17-16-56-13-12-54-9-8-52-5-4-50-2;;/h6-68H2,1-5H3;3-49H2,1-2H3;2*1H2. The van der Waals surface area contributed by atoms with E-state index in [4.69, 9.17) is 132 Å². The Hall–Kier alpha value is -0.380. The van der Waals surface area contributed by atoms with E-state index in [1.165, 1.54) is 334 Å². The number of methoxy groups -OCH3 is 1. The third-order valence-electron chi connectivity index (χ3n) is 24.8. The number of nitrogens with zero attached hydrogens (tertiary/aromatic N) is 1. The van der Waals surface area contributed by atoms with Crippen molar-refractivity contribution in [1.82, 2.24) is 4.90 Å². The minimum atomic E-state index is -0.962. The maximum Gasteiger partial charge on any atom is 0.185 e. The summed E-state index contributed by atoms with van der Waals surface area (Å²) in [5.74, 6) is 0. The van der Waals surface area contributed by atoms with Crippen LogP contribution in [0.4, 0.5) is 0 Å². The zero-order chi connectivity index (χ0) is 106. The molecule has 0 aliphatic heterocycles. The van der Waals surface area contributed by atoms with Crippen molar-refractivity contribution >= 4 is 16.8 Å². The third kappa shape index (κ3) is 146. The zero-order valence-electron chi connectivity index (χ0n) is 98.6. The van der Waals surface area contributed by atoms with Crippen LogP contribution >= 0.6 is 16.8 Å². The topological polar surface area (TPSA) is 325 Å². The Bertz CT molecular complexity index is 2040. The first-order valence-corrected chi connectivity index (χ1v) is 63.9. The summed E-state index contributed by atoms with van der Waals surface area (Å²) in [6, 6.07) is 0. The highest BCUT2D eigenvalue weighted by molar-refractivity contribution is 7.48. The Morgan fingerprint density at radius 3 is 0.340 bits per heavy atom. The lowest BCUT2D eigenvalue weighted by atomic mass is 10.0. The van der Waals surface area contributed by atoms with Gasteiger partial charge in [0.2, 0.25) is 0 Å². The molecule has 0 atom stereocenters. The molecule has 0 aliphatic carbocycles. The molecule has 0 fully saturated rings. The van der Waals surface area contributed by atoms with Crippen molar-refractivity contribution in [3.63, 3.8) is 0 Å². The fraction of sp³-hybridized carbons (Fsp3) is 1.00. The van der Waals surface area contributed by atoms with Gasteiger partial charge in [0.15, 0.2) is 16.8 Å². The van der Waals surface area contributed by atoms with Crippen molar-refractivity contribution in [2.45, 2.75) is 401 Å². The second kappa shape index (κ2) is 151. The van der Waals surface area contributed by atoms with E-state index in [2.05, 4.69) is 39.5 Å². The number of hydrogen-bond acceptors (Lipinski definition) is 29. The summed E-state index contributed by atoms with van der Waals surface area (Å²) in [7, 11) is -0.280. The molecule has 33 heteroatoms. The molecule has 0 unspecified atom stereocenters. The Morgan fingerprint density at radius 1 is 0.127 bits per heavy atom. The van der Waals surface area contributed by atoms with Crippen LogP contribution in [-0.2, 0) is 132 Å². The van der Waals surface area contributed by atoms with Crippen LogP contribution in [0.2, 0.25) is 0 Å². The van der Waals surface area contributed by atoms with Crippen molar-refractivity contribution in [3.05, 3.63) is 0 Å². The van der Waals surface area contributed by atoms with Gasteiger partial charge in [-0.05, 0) is 39.2 Å². The van der Waals surface area contributed by atoms with Gasteiger partial charge in [0.1, 0.15) is 0 Å².